The molecule has 1 N–H and O–H groups in total. The number of nitrogens with zero attached hydrogens (tertiary/aromatic N) is 1. The van der Waals surface area contributed by atoms with E-state index in [1.807, 2.05) is 13.1 Å². The van der Waals surface area contributed by atoms with Crippen LogP contribution >= 0.6 is 0 Å². The Labute approximate surface area is 113 Å². The lowest BCUT2D eigenvalue weighted by Gasteiger charge is -2.23. The minimum absolute atomic E-state index is 0.209. The molecule has 0 bridgehead atoms. The van der Waals surface area contributed by atoms with Gasteiger partial charge in [0.15, 0.2) is 0 Å². The first kappa shape index (κ1) is 13.6. The summed E-state index contributed by atoms with van der Waals surface area (Å²) in [5, 5.41) is 3.09. The van der Waals surface area contributed by atoms with Crippen LogP contribution in [0.25, 0.3) is 0 Å². The van der Waals surface area contributed by atoms with Crippen LogP contribution in [0.3, 0.4) is 0 Å². The fourth-order valence-corrected chi connectivity index (χ4v) is 2.07. The molecule has 0 atom stereocenters. The van der Waals surface area contributed by atoms with Crippen molar-refractivity contribution in [3.05, 3.63) is 53.7 Å². The fraction of sp³-hybridized carbons (Fsp3) is 0.333. The van der Waals surface area contributed by atoms with Gasteiger partial charge < -0.3 is 14.6 Å². The van der Waals surface area contributed by atoms with E-state index in [4.69, 9.17) is 4.42 Å². The molecule has 2 aromatic rings. The van der Waals surface area contributed by atoms with Crippen molar-refractivity contribution < 1.29 is 8.81 Å². The minimum Gasteiger partial charge on any atom is -0.468 e. The molecule has 19 heavy (non-hydrogen) atoms. The van der Waals surface area contributed by atoms with E-state index in [2.05, 4.69) is 17.1 Å². The maximum atomic E-state index is 13.0. The van der Waals surface area contributed by atoms with Gasteiger partial charge in [0, 0.05) is 24.3 Å². The molecule has 4 heteroatoms. The molecule has 0 aliphatic carbocycles. The average Bonchev–Trinajstić information content (AvgIpc) is 2.85. The molecule has 1 heterocycles. The first-order valence-corrected chi connectivity index (χ1v) is 6.45. The van der Waals surface area contributed by atoms with Gasteiger partial charge >= 0.3 is 0 Å². The minimum atomic E-state index is -0.209. The average molecular weight is 262 g/mol. The Bertz CT molecular complexity index is 507. The summed E-state index contributed by atoms with van der Waals surface area (Å²) in [5.41, 5.74) is 2.17. The number of nitrogens with one attached hydrogen (secondary N) is 1. The second-order valence-electron chi connectivity index (χ2n) is 4.39. The summed E-state index contributed by atoms with van der Waals surface area (Å²) in [4.78, 5) is 2.18. The SMILES string of the molecule is CCN(Cc1ccoc1CNC)c1ccc(F)cc1. The number of hydrogen-bond acceptors (Lipinski definition) is 3. The summed E-state index contributed by atoms with van der Waals surface area (Å²) in [6.07, 6.45) is 1.71. The smallest absolute Gasteiger partial charge is 0.123 e. The maximum Gasteiger partial charge on any atom is 0.123 e. The highest BCUT2D eigenvalue weighted by Crippen LogP contribution is 2.20. The molecule has 0 saturated heterocycles. The van der Waals surface area contributed by atoms with E-state index in [0.29, 0.717) is 6.54 Å². The van der Waals surface area contributed by atoms with E-state index in [-0.39, 0.29) is 5.82 Å². The first-order valence-electron chi connectivity index (χ1n) is 6.45. The van der Waals surface area contributed by atoms with Gasteiger partial charge in [-0.25, -0.2) is 4.39 Å². The molecule has 0 unspecified atom stereocenters. The molecule has 102 valence electrons. The standard InChI is InChI=1S/C15H19FN2O/c1-3-18(14-6-4-13(16)5-7-14)11-12-8-9-19-15(12)10-17-2/h4-9,17H,3,10-11H2,1-2H3. The van der Waals surface area contributed by atoms with Gasteiger partial charge in [0.05, 0.1) is 12.8 Å². The highest BCUT2D eigenvalue weighted by Gasteiger charge is 2.11. The van der Waals surface area contributed by atoms with Crippen molar-refractivity contribution in [2.45, 2.75) is 20.0 Å². The van der Waals surface area contributed by atoms with Gasteiger partial charge in [0.1, 0.15) is 11.6 Å². The predicted molar refractivity (Wildman–Crippen MR) is 74.6 cm³/mol. The molecule has 0 fully saturated rings. The first-order chi connectivity index (χ1) is 9.24. The van der Waals surface area contributed by atoms with Crippen LogP contribution in [-0.4, -0.2) is 13.6 Å². The number of rotatable bonds is 6. The largest absolute Gasteiger partial charge is 0.468 e. The number of furan rings is 1. The van der Waals surface area contributed by atoms with Crippen LogP contribution in [-0.2, 0) is 13.1 Å². The zero-order valence-electron chi connectivity index (χ0n) is 11.3. The number of anilines is 1. The van der Waals surface area contributed by atoms with Gasteiger partial charge in [-0.15, -0.1) is 0 Å². The van der Waals surface area contributed by atoms with E-state index in [1.54, 1.807) is 18.4 Å². The molecule has 0 saturated carbocycles. The van der Waals surface area contributed by atoms with Gasteiger partial charge in [-0.3, -0.25) is 0 Å². The zero-order valence-corrected chi connectivity index (χ0v) is 11.3. The third kappa shape index (κ3) is 3.35. The Hall–Kier alpha value is -1.81. The van der Waals surface area contributed by atoms with Crippen LogP contribution in [0.2, 0.25) is 0 Å². The van der Waals surface area contributed by atoms with Gasteiger partial charge in [0.2, 0.25) is 0 Å². The van der Waals surface area contributed by atoms with E-state index in [0.717, 1.165) is 30.1 Å². The van der Waals surface area contributed by atoms with Gasteiger partial charge in [-0.2, -0.15) is 0 Å². The van der Waals surface area contributed by atoms with E-state index < -0.39 is 0 Å². The van der Waals surface area contributed by atoms with Gasteiger partial charge in [-0.05, 0) is 44.3 Å². The molecule has 3 nitrogen and oxygen atoms in total. The Kier molecular flexibility index (Phi) is 4.58. The lowest BCUT2D eigenvalue weighted by Crippen LogP contribution is -2.22. The van der Waals surface area contributed by atoms with E-state index in [9.17, 15) is 4.39 Å². The summed E-state index contributed by atoms with van der Waals surface area (Å²) in [6, 6.07) is 8.57. The summed E-state index contributed by atoms with van der Waals surface area (Å²) >= 11 is 0. The van der Waals surface area contributed by atoms with Crippen LogP contribution in [0.15, 0.2) is 41.0 Å². The molecular weight excluding hydrogens is 243 g/mol. The molecule has 1 aromatic heterocycles. The third-order valence-corrected chi connectivity index (χ3v) is 3.11. The molecule has 0 amide bonds. The van der Waals surface area contributed by atoms with Crippen LogP contribution in [0.4, 0.5) is 10.1 Å². The summed E-state index contributed by atoms with van der Waals surface area (Å²) in [5.74, 6) is 0.738. The van der Waals surface area contributed by atoms with Gasteiger partial charge in [0.25, 0.3) is 0 Å². The number of halogens is 1. The fourth-order valence-electron chi connectivity index (χ4n) is 2.07. The highest BCUT2D eigenvalue weighted by atomic mass is 19.1. The van der Waals surface area contributed by atoms with E-state index in [1.165, 1.54) is 12.1 Å². The Morgan fingerprint density at radius 1 is 1.21 bits per heavy atom. The topological polar surface area (TPSA) is 28.4 Å². The second kappa shape index (κ2) is 6.38. The molecular formula is C15H19FN2O. The molecule has 2 rings (SSSR count). The van der Waals surface area contributed by atoms with Gasteiger partial charge in [-0.1, -0.05) is 0 Å². The van der Waals surface area contributed by atoms with E-state index >= 15 is 0 Å². The van der Waals surface area contributed by atoms with Crippen molar-refractivity contribution >= 4 is 5.69 Å². The summed E-state index contributed by atoms with van der Waals surface area (Å²) in [6.45, 7) is 4.41. The molecule has 1 aromatic carbocycles. The Morgan fingerprint density at radius 2 is 1.95 bits per heavy atom. The van der Waals surface area contributed by atoms with Crippen molar-refractivity contribution in [1.29, 1.82) is 0 Å². The third-order valence-electron chi connectivity index (χ3n) is 3.11. The van der Waals surface area contributed by atoms with Crippen molar-refractivity contribution in [1.82, 2.24) is 5.32 Å². The quantitative estimate of drug-likeness (QED) is 0.866. The molecule has 0 spiro atoms. The normalized spacial score (nSPS) is 10.7. The summed E-state index contributed by atoms with van der Waals surface area (Å²) in [7, 11) is 1.89. The lowest BCUT2D eigenvalue weighted by molar-refractivity contribution is 0.490. The van der Waals surface area contributed by atoms with Crippen molar-refractivity contribution in [3.63, 3.8) is 0 Å². The number of hydrogen-bond donors (Lipinski definition) is 1. The summed E-state index contributed by atoms with van der Waals surface area (Å²) < 4.78 is 18.4. The lowest BCUT2D eigenvalue weighted by atomic mass is 10.2. The predicted octanol–water partition coefficient (Wildman–Crippen LogP) is 3.16. The van der Waals surface area contributed by atoms with Crippen LogP contribution in [0.5, 0.6) is 0 Å². The Morgan fingerprint density at radius 3 is 2.58 bits per heavy atom. The van der Waals surface area contributed by atoms with Crippen molar-refractivity contribution in [2.24, 2.45) is 0 Å². The van der Waals surface area contributed by atoms with Crippen molar-refractivity contribution in [3.8, 4) is 0 Å². The molecule has 0 aliphatic heterocycles. The monoisotopic (exact) mass is 262 g/mol. The maximum absolute atomic E-state index is 13.0. The van der Waals surface area contributed by atoms with Crippen LogP contribution < -0.4 is 10.2 Å². The van der Waals surface area contributed by atoms with Crippen LogP contribution in [0.1, 0.15) is 18.2 Å². The molecule has 0 radical (unpaired) electrons. The Balaban J connectivity index is 2.14. The highest BCUT2D eigenvalue weighted by molar-refractivity contribution is 5.47. The van der Waals surface area contributed by atoms with Crippen molar-refractivity contribution in [2.75, 3.05) is 18.5 Å². The van der Waals surface area contributed by atoms with Crippen LogP contribution in [0, 0.1) is 5.82 Å². The number of benzene rings is 1. The zero-order chi connectivity index (χ0) is 13.7. The molecule has 0 aliphatic rings. The second-order valence-corrected chi connectivity index (χ2v) is 4.39.